The van der Waals surface area contributed by atoms with Gasteiger partial charge in [0.15, 0.2) is 6.29 Å². The first-order valence-corrected chi connectivity index (χ1v) is 5.78. The molecule has 5 N–H and O–H groups in total. The summed E-state index contributed by atoms with van der Waals surface area (Å²) < 4.78 is 19.0. The van der Waals surface area contributed by atoms with Crippen LogP contribution in [0.2, 0.25) is 0 Å². The molecule has 11 heteroatoms. The van der Waals surface area contributed by atoms with Crippen molar-refractivity contribution in [3.8, 4) is 0 Å². The molecule has 1 fully saturated rings. The van der Waals surface area contributed by atoms with Gasteiger partial charge in [-0.25, -0.2) is 0 Å². The van der Waals surface area contributed by atoms with Gasteiger partial charge in [-0.15, -0.1) is 0 Å². The first-order valence-electron chi connectivity index (χ1n) is 4.29. The Labute approximate surface area is 119 Å². The van der Waals surface area contributed by atoms with Crippen LogP contribution in [-0.4, -0.2) is 62.6 Å². The molecule has 1 aliphatic rings. The summed E-state index contributed by atoms with van der Waals surface area (Å²) in [6.07, 6.45) is -8.43. The Bertz CT molecular complexity index is 281. The van der Waals surface area contributed by atoms with Crippen molar-refractivity contribution in [3.05, 3.63) is 0 Å². The predicted octanol–water partition coefficient (Wildman–Crippen LogP) is -6.73. The first kappa shape index (κ1) is 17.9. The van der Waals surface area contributed by atoms with Gasteiger partial charge in [0.25, 0.3) is 7.82 Å². The fourth-order valence-corrected chi connectivity index (χ4v) is 1.72. The molecule has 1 heterocycles. The Balaban J connectivity index is 0.00000256. The molecule has 6 atom stereocenters. The Morgan fingerprint density at radius 1 is 1.24 bits per heavy atom. The second kappa shape index (κ2) is 6.90. The summed E-state index contributed by atoms with van der Waals surface area (Å²) >= 11 is 0. The third kappa shape index (κ3) is 4.83. The van der Waals surface area contributed by atoms with Gasteiger partial charge in [0, 0.05) is 0 Å². The van der Waals surface area contributed by atoms with Gasteiger partial charge in [0.05, 0.1) is 6.61 Å². The molecule has 96 valence electrons. The fraction of sp³-hybridized carbons (Fsp3) is 1.00. The van der Waals surface area contributed by atoms with Crippen LogP contribution < -0.4 is 34.5 Å². The van der Waals surface area contributed by atoms with Crippen LogP contribution in [0.15, 0.2) is 0 Å². The van der Waals surface area contributed by atoms with Crippen LogP contribution >= 0.6 is 7.82 Å². The molecule has 9 nitrogen and oxygen atoms in total. The van der Waals surface area contributed by atoms with Gasteiger partial charge in [-0.3, -0.25) is 9.09 Å². The Hall–Kier alpha value is 0.910. The minimum atomic E-state index is -5.16. The number of hydrogen-bond acceptors (Lipinski definition) is 8. The molecule has 0 spiro atoms. The van der Waals surface area contributed by atoms with E-state index in [2.05, 4.69) is 9.26 Å². The number of aliphatic hydroxyl groups is 4. The Kier molecular flexibility index (Phi) is 7.27. The third-order valence-electron chi connectivity index (χ3n) is 2.09. The van der Waals surface area contributed by atoms with Crippen molar-refractivity contribution in [1.29, 1.82) is 0 Å². The fourth-order valence-electron chi connectivity index (χ4n) is 1.29. The van der Waals surface area contributed by atoms with E-state index >= 15 is 0 Å². The van der Waals surface area contributed by atoms with E-state index in [1.807, 2.05) is 0 Å². The zero-order valence-corrected chi connectivity index (χ0v) is 11.8. The molecule has 0 aromatic heterocycles. The molecule has 0 bridgehead atoms. The van der Waals surface area contributed by atoms with Gasteiger partial charge in [0.2, 0.25) is 0 Å². The minimum absolute atomic E-state index is 0. The molecule has 1 rings (SSSR count). The number of aliphatic hydroxyl groups excluding tert-OH is 4. The van der Waals surface area contributed by atoms with Gasteiger partial charge in [-0.2, -0.15) is 0 Å². The molecule has 0 amide bonds. The normalized spacial score (nSPS) is 41.4. The summed E-state index contributed by atoms with van der Waals surface area (Å²) in [6, 6.07) is 0. The van der Waals surface area contributed by atoms with Crippen LogP contribution in [0.4, 0.5) is 0 Å². The first-order chi connectivity index (χ1) is 7.26. The molecule has 17 heavy (non-hydrogen) atoms. The number of phosphoric ester groups is 1. The average molecular weight is 282 g/mol. The number of ether oxygens (including phenoxy) is 1. The van der Waals surface area contributed by atoms with E-state index in [4.69, 9.17) is 10.00 Å². The number of hydrogen-bond donors (Lipinski definition) is 5. The average Bonchev–Trinajstić information content (AvgIpc) is 2.17. The molecular weight excluding hydrogens is 270 g/mol. The maximum atomic E-state index is 10.4. The monoisotopic (exact) mass is 282 g/mol. The maximum Gasteiger partial charge on any atom is 1.00 e. The van der Waals surface area contributed by atoms with Crippen LogP contribution in [0.25, 0.3) is 0 Å². The zero-order valence-electron chi connectivity index (χ0n) is 8.91. The summed E-state index contributed by atoms with van der Waals surface area (Å²) in [5.41, 5.74) is 0. The summed E-state index contributed by atoms with van der Waals surface area (Å²) in [4.78, 5) is 18.8. The summed E-state index contributed by atoms with van der Waals surface area (Å²) in [6.45, 7) is -0.723. The van der Waals surface area contributed by atoms with E-state index < -0.39 is 45.1 Å². The standard InChI is InChI=1S/C6H13O9P.Na/c7-1-2-3(8)4(9)5(10)6(14-2)15-16(11,12)13;/h2-10H,1H2,(H2,11,12,13);/q;+1/p-1/t2-,3-,4+,5-,6-;/m1./s1. The summed E-state index contributed by atoms with van der Waals surface area (Å²) in [5, 5.41) is 36.5. The predicted molar refractivity (Wildman–Crippen MR) is 44.7 cm³/mol. The molecular formula is C6H12NaO9P. The van der Waals surface area contributed by atoms with E-state index in [0.717, 1.165) is 0 Å². The maximum absolute atomic E-state index is 10.4. The molecule has 0 aromatic carbocycles. The second-order valence-electron chi connectivity index (χ2n) is 3.27. The molecule has 1 saturated heterocycles. The van der Waals surface area contributed by atoms with Crippen LogP contribution in [0.1, 0.15) is 0 Å². The van der Waals surface area contributed by atoms with Crippen LogP contribution in [0, 0.1) is 0 Å². The smallest absolute Gasteiger partial charge is 0.756 e. The van der Waals surface area contributed by atoms with Crippen molar-refractivity contribution in [2.24, 2.45) is 0 Å². The van der Waals surface area contributed by atoms with E-state index in [0.29, 0.717) is 0 Å². The van der Waals surface area contributed by atoms with Crippen molar-refractivity contribution >= 4 is 7.82 Å². The van der Waals surface area contributed by atoms with Gasteiger partial charge in [-0.1, -0.05) is 0 Å². The van der Waals surface area contributed by atoms with Gasteiger partial charge in [-0.05, 0) is 0 Å². The van der Waals surface area contributed by atoms with E-state index in [-0.39, 0.29) is 29.6 Å². The Morgan fingerprint density at radius 2 is 1.76 bits per heavy atom. The molecule has 0 radical (unpaired) electrons. The topological polar surface area (TPSA) is 160 Å². The molecule has 0 aliphatic carbocycles. The van der Waals surface area contributed by atoms with E-state index in [1.54, 1.807) is 0 Å². The van der Waals surface area contributed by atoms with E-state index in [1.165, 1.54) is 0 Å². The van der Waals surface area contributed by atoms with E-state index in [9.17, 15) is 24.8 Å². The van der Waals surface area contributed by atoms with Crippen molar-refractivity contribution in [1.82, 2.24) is 0 Å². The SMILES string of the molecule is O=P([O-])(O)O[C@H]1O[C@H](CO)[C@@H](O)[C@H](O)[C@H]1O.[Na+]. The number of phosphoric acid groups is 1. The largest absolute Gasteiger partial charge is 1.00 e. The quantitative estimate of drug-likeness (QED) is 0.250. The van der Waals surface area contributed by atoms with Gasteiger partial charge < -0.3 is 34.9 Å². The third-order valence-corrected chi connectivity index (χ3v) is 2.56. The van der Waals surface area contributed by atoms with Crippen molar-refractivity contribution in [2.45, 2.75) is 30.7 Å². The van der Waals surface area contributed by atoms with Crippen molar-refractivity contribution in [2.75, 3.05) is 6.61 Å². The van der Waals surface area contributed by atoms with Crippen molar-refractivity contribution in [3.63, 3.8) is 0 Å². The number of rotatable bonds is 3. The van der Waals surface area contributed by atoms with Gasteiger partial charge >= 0.3 is 29.6 Å². The van der Waals surface area contributed by atoms with Crippen LogP contribution in [0.3, 0.4) is 0 Å². The zero-order chi connectivity index (χ0) is 12.5. The molecule has 0 aromatic rings. The second-order valence-corrected chi connectivity index (χ2v) is 4.42. The summed E-state index contributed by atoms with van der Waals surface area (Å²) in [7, 11) is -5.16. The molecule has 0 saturated carbocycles. The molecule has 1 aliphatic heterocycles. The van der Waals surface area contributed by atoms with Crippen molar-refractivity contribution < 1.29 is 73.6 Å². The molecule has 1 unspecified atom stereocenters. The van der Waals surface area contributed by atoms with Crippen LogP contribution in [-0.2, 0) is 13.8 Å². The van der Waals surface area contributed by atoms with Crippen LogP contribution in [0.5, 0.6) is 0 Å². The Morgan fingerprint density at radius 3 is 2.18 bits per heavy atom. The minimum Gasteiger partial charge on any atom is -0.756 e. The summed E-state index contributed by atoms with van der Waals surface area (Å²) in [5.74, 6) is 0. The van der Waals surface area contributed by atoms with Gasteiger partial charge in [0.1, 0.15) is 24.4 Å².